The fourth-order valence-corrected chi connectivity index (χ4v) is 2.42. The highest BCUT2D eigenvalue weighted by Crippen LogP contribution is 2.42. The molecule has 2 heterocycles. The maximum atomic E-state index is 11.9. The first kappa shape index (κ1) is 9.89. The Balaban J connectivity index is 2.42. The van der Waals surface area contributed by atoms with E-state index in [0.29, 0.717) is 6.42 Å². The van der Waals surface area contributed by atoms with E-state index in [-0.39, 0.29) is 6.04 Å². The van der Waals surface area contributed by atoms with Crippen LogP contribution in [0.25, 0.3) is 0 Å². The van der Waals surface area contributed by atoms with Crippen LogP contribution < -0.4 is 0 Å². The largest absolute Gasteiger partial charge is 0.622 e. The number of hydrogen-bond donors (Lipinski definition) is 1. The molecule has 80 valence electrons. The zero-order valence-electron chi connectivity index (χ0n) is 8.94. The molecule has 0 radical (unpaired) electrons. The van der Waals surface area contributed by atoms with E-state index in [9.17, 15) is 10.3 Å². The zero-order chi connectivity index (χ0) is 10.7. The normalized spacial score (nSPS) is 48.8. The number of aliphatic hydroxyl groups is 1. The first-order valence-electron chi connectivity index (χ1n) is 4.80. The number of nitrogens with zero attached hydrogens (tertiary/aromatic N) is 2. The van der Waals surface area contributed by atoms with Crippen molar-refractivity contribution < 1.29 is 14.7 Å². The van der Waals surface area contributed by atoms with Crippen LogP contribution in [0.4, 0.5) is 0 Å². The van der Waals surface area contributed by atoms with Gasteiger partial charge < -0.3 is 10.3 Å². The van der Waals surface area contributed by atoms with Gasteiger partial charge in [0.1, 0.15) is 6.04 Å². The molecule has 1 saturated heterocycles. The van der Waals surface area contributed by atoms with Gasteiger partial charge in [-0.3, -0.25) is 4.84 Å². The van der Waals surface area contributed by atoms with E-state index in [2.05, 4.69) is 0 Å². The fourth-order valence-electron chi connectivity index (χ4n) is 2.42. The number of hydroxylamine groups is 3. The first-order chi connectivity index (χ1) is 6.28. The molecule has 0 bridgehead atoms. The Bertz CT molecular complexity index is 313. The van der Waals surface area contributed by atoms with Crippen LogP contribution in [0.2, 0.25) is 0 Å². The molecule has 1 N–H and O–H groups in total. The van der Waals surface area contributed by atoms with Crippen molar-refractivity contribution in [2.45, 2.75) is 51.6 Å². The van der Waals surface area contributed by atoms with Crippen molar-refractivity contribution in [1.82, 2.24) is 5.06 Å². The van der Waals surface area contributed by atoms with Gasteiger partial charge in [0.15, 0.2) is 11.5 Å². The van der Waals surface area contributed by atoms with Crippen LogP contribution in [0.1, 0.15) is 34.1 Å². The molecule has 0 aliphatic carbocycles. The Hall–Kier alpha value is -0.650. The molecule has 5 nitrogen and oxygen atoms in total. The van der Waals surface area contributed by atoms with E-state index in [4.69, 9.17) is 4.84 Å². The average Bonchev–Trinajstić information content (AvgIpc) is 2.39. The van der Waals surface area contributed by atoms with Crippen molar-refractivity contribution in [2.75, 3.05) is 0 Å². The maximum Gasteiger partial charge on any atom is 0.253 e. The summed E-state index contributed by atoms with van der Waals surface area (Å²) in [5.41, 5.74) is -0.0319. The summed E-state index contributed by atoms with van der Waals surface area (Å²) < 4.78 is 0.944. The molecule has 3 atom stereocenters. The third-order valence-corrected chi connectivity index (χ3v) is 3.15. The molecule has 2 rings (SSSR count). The Morgan fingerprint density at radius 2 is 2.21 bits per heavy atom. The lowest BCUT2D eigenvalue weighted by Gasteiger charge is -2.23. The van der Waals surface area contributed by atoms with Gasteiger partial charge in [-0.05, 0) is 13.8 Å². The van der Waals surface area contributed by atoms with Crippen molar-refractivity contribution in [1.29, 1.82) is 0 Å². The number of rotatable bonds is 0. The van der Waals surface area contributed by atoms with E-state index < -0.39 is 11.4 Å². The highest BCUT2D eigenvalue weighted by atomic mass is 16.8. The number of hydrogen-bond acceptors (Lipinski definition) is 4. The van der Waals surface area contributed by atoms with E-state index in [0.717, 1.165) is 10.5 Å². The lowest BCUT2D eigenvalue weighted by molar-refractivity contribution is -0.572. The van der Waals surface area contributed by atoms with Crippen LogP contribution in [-0.4, -0.2) is 38.1 Å². The average molecular weight is 200 g/mol. The monoisotopic (exact) mass is 200 g/mol. The maximum absolute atomic E-state index is 11.9. The molecule has 0 aromatic heterocycles. The molecule has 5 heteroatoms. The molecule has 2 aliphatic rings. The summed E-state index contributed by atoms with van der Waals surface area (Å²) >= 11 is 0. The van der Waals surface area contributed by atoms with Gasteiger partial charge >= 0.3 is 0 Å². The lowest BCUT2D eigenvalue weighted by atomic mass is 10.1. The summed E-state index contributed by atoms with van der Waals surface area (Å²) in [6.45, 7) is 7.05. The molecule has 0 amide bonds. The Morgan fingerprint density at radius 1 is 1.64 bits per heavy atom. The molecule has 1 fully saturated rings. The third-order valence-electron chi connectivity index (χ3n) is 3.15. The Morgan fingerprint density at radius 3 is 2.71 bits per heavy atom. The van der Waals surface area contributed by atoms with Crippen LogP contribution >= 0.6 is 0 Å². The molecule has 0 saturated carbocycles. The third kappa shape index (κ3) is 1.03. The van der Waals surface area contributed by atoms with Crippen molar-refractivity contribution in [2.24, 2.45) is 0 Å². The van der Waals surface area contributed by atoms with Gasteiger partial charge in [-0.1, -0.05) is 0 Å². The highest BCUT2D eigenvalue weighted by Gasteiger charge is 2.62. The van der Waals surface area contributed by atoms with E-state index in [1.54, 1.807) is 25.8 Å². The highest BCUT2D eigenvalue weighted by molar-refractivity contribution is 5.83. The van der Waals surface area contributed by atoms with Crippen LogP contribution in [0.5, 0.6) is 0 Å². The molecular formula is C9H16N2O3. The Kier molecular flexibility index (Phi) is 1.75. The van der Waals surface area contributed by atoms with Gasteiger partial charge in [0.05, 0.1) is 6.42 Å². The molecule has 0 aromatic rings. The van der Waals surface area contributed by atoms with Crippen LogP contribution in [0.15, 0.2) is 0 Å². The summed E-state index contributed by atoms with van der Waals surface area (Å²) in [5, 5.41) is 23.2. The summed E-state index contributed by atoms with van der Waals surface area (Å²) in [4.78, 5) is 5.36. The van der Waals surface area contributed by atoms with Crippen molar-refractivity contribution in [3.8, 4) is 0 Å². The summed E-state index contributed by atoms with van der Waals surface area (Å²) in [5.74, 6) is -1.23. The second-order valence-electron chi connectivity index (χ2n) is 4.60. The first-order valence-corrected chi connectivity index (χ1v) is 4.80. The van der Waals surface area contributed by atoms with Gasteiger partial charge in [0.25, 0.3) is 5.66 Å². The summed E-state index contributed by atoms with van der Waals surface area (Å²) in [6.07, 6.45) is 0.297. The molecule has 0 spiro atoms. The SMILES string of the molecule is CC1=[N+]([O-])[C@]2(C)C[C@](C)(O)ON2[C@@H]1C. The van der Waals surface area contributed by atoms with Gasteiger partial charge in [0.2, 0.25) is 0 Å². The fraction of sp³-hybridized carbons (Fsp3) is 0.889. The smallest absolute Gasteiger partial charge is 0.253 e. The molecular weight excluding hydrogens is 184 g/mol. The van der Waals surface area contributed by atoms with Gasteiger partial charge in [0, 0.05) is 13.8 Å². The van der Waals surface area contributed by atoms with Gasteiger partial charge in [-0.25, -0.2) is 0 Å². The summed E-state index contributed by atoms with van der Waals surface area (Å²) in [6, 6.07) is -0.0773. The molecule has 0 aromatic carbocycles. The molecule has 0 unspecified atom stereocenters. The minimum atomic E-state index is -1.23. The molecule has 2 aliphatic heterocycles. The second kappa shape index (κ2) is 2.48. The van der Waals surface area contributed by atoms with Crippen molar-refractivity contribution >= 4 is 5.71 Å². The van der Waals surface area contributed by atoms with E-state index >= 15 is 0 Å². The minimum absolute atomic E-state index is 0.0773. The van der Waals surface area contributed by atoms with Crippen LogP contribution in [-0.2, 0) is 4.84 Å². The van der Waals surface area contributed by atoms with E-state index in [1.165, 1.54) is 0 Å². The zero-order valence-corrected chi connectivity index (χ0v) is 8.94. The minimum Gasteiger partial charge on any atom is -0.622 e. The second-order valence-corrected chi connectivity index (χ2v) is 4.60. The van der Waals surface area contributed by atoms with Crippen LogP contribution in [0.3, 0.4) is 0 Å². The summed E-state index contributed by atoms with van der Waals surface area (Å²) in [7, 11) is 0. The quantitative estimate of drug-likeness (QED) is 0.455. The standard InChI is InChI=1S/C9H16N2O3/c1-6-7(2)11-8(3,10(6)13)5-9(4,12)14-11/h7,12H,5H2,1-4H3/t7-,8+,9-/m1/s1. The topological polar surface area (TPSA) is 58.8 Å². The lowest BCUT2D eigenvalue weighted by Crippen LogP contribution is -2.44. The van der Waals surface area contributed by atoms with E-state index in [1.807, 2.05) is 6.92 Å². The predicted molar refractivity (Wildman–Crippen MR) is 50.3 cm³/mol. The molecule has 14 heavy (non-hydrogen) atoms. The van der Waals surface area contributed by atoms with Gasteiger partial charge in [-0.2, -0.15) is 4.74 Å². The Labute approximate surface area is 83.1 Å². The van der Waals surface area contributed by atoms with Crippen molar-refractivity contribution in [3.63, 3.8) is 0 Å². The van der Waals surface area contributed by atoms with Gasteiger partial charge in [-0.15, -0.1) is 5.06 Å². The number of fused-ring (bicyclic) bond motifs is 1. The predicted octanol–water partition coefficient (Wildman–Crippen LogP) is 0.422. The van der Waals surface area contributed by atoms with Crippen molar-refractivity contribution in [3.05, 3.63) is 5.21 Å². The van der Waals surface area contributed by atoms with Crippen LogP contribution in [0, 0.1) is 5.21 Å².